The Bertz CT molecular complexity index is 915. The number of primary amides is 1. The number of carbonyl (C=O) groups is 1. The fourth-order valence-electron chi connectivity index (χ4n) is 2.22. The monoisotopic (exact) mass is 364 g/mol. The first-order valence-corrected chi connectivity index (χ1v) is 8.31. The normalized spacial score (nSPS) is 11.5. The maximum Gasteiger partial charge on any atom is 0.261 e. The molecule has 0 saturated carbocycles. The summed E-state index contributed by atoms with van der Waals surface area (Å²) in [5.74, 6) is 0.755. The number of rotatable bonds is 7. The molecule has 7 heteroatoms. The van der Waals surface area contributed by atoms with Crippen molar-refractivity contribution in [3.63, 3.8) is 0 Å². The number of anilines is 1. The van der Waals surface area contributed by atoms with Crippen LogP contribution in [0.2, 0.25) is 0 Å². The van der Waals surface area contributed by atoms with Gasteiger partial charge in [-0.3, -0.25) is 10.2 Å². The number of nitrogens with zero attached hydrogens (tertiary/aromatic N) is 2. The van der Waals surface area contributed by atoms with Crippen LogP contribution in [0.4, 0.5) is 5.69 Å². The largest absolute Gasteiger partial charge is 0.478 e. The zero-order valence-corrected chi connectivity index (χ0v) is 15.0. The van der Waals surface area contributed by atoms with Crippen LogP contribution in [-0.2, 0) is 4.79 Å². The van der Waals surface area contributed by atoms with E-state index >= 15 is 0 Å². The molecule has 1 amide bonds. The highest BCUT2D eigenvalue weighted by atomic mass is 16.5. The third-order valence-electron chi connectivity index (χ3n) is 3.86. The second kappa shape index (κ2) is 7.74. The maximum atomic E-state index is 11.3. The van der Waals surface area contributed by atoms with Crippen LogP contribution in [0.15, 0.2) is 70.6 Å². The summed E-state index contributed by atoms with van der Waals surface area (Å²) >= 11 is 0. The Kier molecular flexibility index (Phi) is 5.21. The van der Waals surface area contributed by atoms with E-state index in [9.17, 15) is 4.79 Å². The molecule has 0 atom stereocenters. The number of nitrogens with one attached hydrogen (secondary N) is 1. The number of aromatic nitrogens is 1. The minimum Gasteiger partial charge on any atom is -0.478 e. The SMILES string of the molecule is CC(C)(Oc1ccc(/C=N/Nc2ccc(-c3cnco3)cc2)cc1)C(N)=O. The number of hydrazone groups is 1. The van der Waals surface area contributed by atoms with Gasteiger partial charge in [-0.2, -0.15) is 5.10 Å². The van der Waals surface area contributed by atoms with Gasteiger partial charge in [-0.05, 0) is 67.9 Å². The van der Waals surface area contributed by atoms with Crippen molar-refractivity contribution in [3.05, 3.63) is 66.7 Å². The average Bonchev–Trinajstić information content (AvgIpc) is 3.18. The fraction of sp³-hybridized carbons (Fsp3) is 0.150. The lowest BCUT2D eigenvalue weighted by molar-refractivity contribution is -0.130. The molecule has 1 aromatic heterocycles. The van der Waals surface area contributed by atoms with Crippen LogP contribution in [0.5, 0.6) is 5.75 Å². The molecule has 0 bridgehead atoms. The van der Waals surface area contributed by atoms with Gasteiger partial charge >= 0.3 is 0 Å². The molecule has 3 rings (SSSR count). The van der Waals surface area contributed by atoms with Crippen molar-refractivity contribution in [2.75, 3.05) is 5.43 Å². The van der Waals surface area contributed by atoms with E-state index in [0.29, 0.717) is 11.5 Å². The van der Waals surface area contributed by atoms with Gasteiger partial charge in [0.1, 0.15) is 5.75 Å². The number of carbonyl (C=O) groups excluding carboxylic acids is 1. The van der Waals surface area contributed by atoms with E-state index in [1.807, 2.05) is 36.4 Å². The Morgan fingerprint density at radius 1 is 1.19 bits per heavy atom. The molecule has 7 nitrogen and oxygen atoms in total. The average molecular weight is 364 g/mol. The van der Waals surface area contributed by atoms with E-state index in [1.54, 1.807) is 38.4 Å². The molecule has 3 aromatic rings. The van der Waals surface area contributed by atoms with Crippen LogP contribution in [0.1, 0.15) is 19.4 Å². The van der Waals surface area contributed by atoms with Crippen molar-refractivity contribution in [1.82, 2.24) is 4.98 Å². The van der Waals surface area contributed by atoms with Crippen molar-refractivity contribution >= 4 is 17.8 Å². The van der Waals surface area contributed by atoms with Gasteiger partial charge in [0.15, 0.2) is 17.8 Å². The maximum absolute atomic E-state index is 11.3. The lowest BCUT2D eigenvalue weighted by Gasteiger charge is -2.22. The molecule has 138 valence electrons. The second-order valence-corrected chi connectivity index (χ2v) is 6.36. The van der Waals surface area contributed by atoms with Crippen LogP contribution in [0.3, 0.4) is 0 Å². The summed E-state index contributed by atoms with van der Waals surface area (Å²) in [5, 5.41) is 4.21. The smallest absolute Gasteiger partial charge is 0.261 e. The number of hydrogen-bond acceptors (Lipinski definition) is 6. The Labute approximate surface area is 156 Å². The number of amides is 1. The Hall–Kier alpha value is -3.61. The highest BCUT2D eigenvalue weighted by Crippen LogP contribution is 2.21. The topological polar surface area (TPSA) is 103 Å². The van der Waals surface area contributed by atoms with Crippen molar-refractivity contribution in [3.8, 4) is 17.1 Å². The lowest BCUT2D eigenvalue weighted by atomic mass is 10.1. The van der Waals surface area contributed by atoms with Gasteiger partial charge < -0.3 is 14.9 Å². The summed E-state index contributed by atoms with van der Waals surface area (Å²) in [6.45, 7) is 3.25. The number of nitrogens with two attached hydrogens (primary N) is 1. The molecule has 27 heavy (non-hydrogen) atoms. The zero-order chi connectivity index (χ0) is 19.3. The lowest BCUT2D eigenvalue weighted by Crippen LogP contribution is -2.43. The van der Waals surface area contributed by atoms with Gasteiger partial charge in [-0.1, -0.05) is 0 Å². The fourth-order valence-corrected chi connectivity index (χ4v) is 2.22. The van der Waals surface area contributed by atoms with E-state index < -0.39 is 11.5 Å². The summed E-state index contributed by atoms with van der Waals surface area (Å²) in [5.41, 5.74) is 9.87. The van der Waals surface area contributed by atoms with Crippen molar-refractivity contribution in [1.29, 1.82) is 0 Å². The number of benzene rings is 2. The minimum absolute atomic E-state index is 0.522. The van der Waals surface area contributed by atoms with Gasteiger partial charge in [0.05, 0.1) is 18.1 Å². The molecule has 0 aliphatic rings. The standard InChI is InChI=1S/C20H20N4O3/c1-20(2,19(21)25)27-17-9-3-14(4-10-17)11-23-24-16-7-5-15(6-8-16)18-12-22-13-26-18/h3-13,24H,1-2H3,(H2,21,25)/b23-11+. The van der Waals surface area contributed by atoms with Gasteiger partial charge in [0.25, 0.3) is 5.91 Å². The number of oxazole rings is 1. The second-order valence-electron chi connectivity index (χ2n) is 6.36. The summed E-state index contributed by atoms with van der Waals surface area (Å²) in [7, 11) is 0. The Morgan fingerprint density at radius 3 is 2.48 bits per heavy atom. The van der Waals surface area contributed by atoms with Crippen LogP contribution < -0.4 is 15.9 Å². The molecule has 0 unspecified atom stereocenters. The molecule has 0 aliphatic heterocycles. The molecular formula is C20H20N4O3. The summed E-state index contributed by atoms with van der Waals surface area (Å²) < 4.78 is 10.8. The first kappa shape index (κ1) is 18.2. The van der Waals surface area contributed by atoms with E-state index in [0.717, 1.165) is 16.8 Å². The molecule has 1 heterocycles. The predicted molar refractivity (Wildman–Crippen MR) is 103 cm³/mol. The Morgan fingerprint density at radius 2 is 1.89 bits per heavy atom. The first-order chi connectivity index (χ1) is 12.9. The third kappa shape index (κ3) is 4.72. The molecule has 0 spiro atoms. The van der Waals surface area contributed by atoms with Crippen LogP contribution in [0, 0.1) is 0 Å². The van der Waals surface area contributed by atoms with Crippen molar-refractivity contribution in [2.24, 2.45) is 10.8 Å². The highest BCUT2D eigenvalue weighted by molar-refractivity contribution is 5.83. The minimum atomic E-state index is -1.06. The number of hydrogen-bond donors (Lipinski definition) is 2. The van der Waals surface area contributed by atoms with Crippen LogP contribution in [-0.4, -0.2) is 22.7 Å². The van der Waals surface area contributed by atoms with E-state index in [1.165, 1.54) is 6.39 Å². The number of ether oxygens (including phenoxy) is 1. The molecule has 0 saturated heterocycles. The van der Waals surface area contributed by atoms with E-state index in [-0.39, 0.29) is 0 Å². The summed E-state index contributed by atoms with van der Waals surface area (Å²) in [4.78, 5) is 15.2. The van der Waals surface area contributed by atoms with Gasteiger partial charge in [0, 0.05) is 5.56 Å². The van der Waals surface area contributed by atoms with Crippen LogP contribution in [0.25, 0.3) is 11.3 Å². The highest BCUT2D eigenvalue weighted by Gasteiger charge is 2.26. The van der Waals surface area contributed by atoms with Gasteiger partial charge in [-0.15, -0.1) is 0 Å². The van der Waals surface area contributed by atoms with Crippen molar-refractivity contribution < 1.29 is 13.9 Å². The van der Waals surface area contributed by atoms with Gasteiger partial charge in [-0.25, -0.2) is 4.98 Å². The van der Waals surface area contributed by atoms with Crippen molar-refractivity contribution in [2.45, 2.75) is 19.4 Å². The zero-order valence-electron chi connectivity index (χ0n) is 15.0. The molecular weight excluding hydrogens is 344 g/mol. The summed E-state index contributed by atoms with van der Waals surface area (Å²) in [6, 6.07) is 14.8. The van der Waals surface area contributed by atoms with Crippen LogP contribution >= 0.6 is 0 Å². The van der Waals surface area contributed by atoms with Gasteiger partial charge in [0.2, 0.25) is 0 Å². The molecule has 0 fully saturated rings. The molecule has 0 aliphatic carbocycles. The first-order valence-electron chi connectivity index (χ1n) is 8.31. The Balaban J connectivity index is 1.57. The summed E-state index contributed by atoms with van der Waals surface area (Å²) in [6.07, 6.45) is 4.75. The molecule has 0 radical (unpaired) electrons. The van der Waals surface area contributed by atoms with E-state index in [4.69, 9.17) is 14.9 Å². The van der Waals surface area contributed by atoms with E-state index in [2.05, 4.69) is 15.5 Å². The molecule has 3 N–H and O–H groups in total. The quantitative estimate of drug-likeness (QED) is 0.494. The molecule has 2 aromatic carbocycles. The third-order valence-corrected chi connectivity index (χ3v) is 3.86. The predicted octanol–water partition coefficient (Wildman–Crippen LogP) is 3.43.